The molecule has 0 aromatic carbocycles. The van der Waals surface area contributed by atoms with Gasteiger partial charge >= 0.3 is 5.97 Å². The van der Waals surface area contributed by atoms with Gasteiger partial charge < -0.3 is 21.5 Å². The molecule has 7 nitrogen and oxygen atoms in total. The van der Waals surface area contributed by atoms with E-state index in [0.717, 1.165) is 0 Å². The second-order valence-corrected chi connectivity index (χ2v) is 4.13. The van der Waals surface area contributed by atoms with Crippen molar-refractivity contribution in [2.75, 3.05) is 6.54 Å². The van der Waals surface area contributed by atoms with Crippen molar-refractivity contribution < 1.29 is 19.5 Å². The SMILES string of the molecule is CC(N)C(=O)NC(C(=O)NCC(=O)O)C(C)C. The average Bonchev–Trinajstić information content (AvgIpc) is 2.21. The van der Waals surface area contributed by atoms with Gasteiger partial charge in [0.2, 0.25) is 11.8 Å². The highest BCUT2D eigenvalue weighted by Crippen LogP contribution is 2.02. The van der Waals surface area contributed by atoms with Crippen molar-refractivity contribution in [2.45, 2.75) is 32.9 Å². The number of nitrogens with one attached hydrogen (secondary N) is 2. The lowest BCUT2D eigenvalue weighted by Gasteiger charge is -2.22. The Morgan fingerprint density at radius 2 is 1.71 bits per heavy atom. The van der Waals surface area contributed by atoms with Gasteiger partial charge in [-0.3, -0.25) is 14.4 Å². The molecular formula is C10H19N3O4. The summed E-state index contributed by atoms with van der Waals surface area (Å²) in [7, 11) is 0. The molecule has 0 aromatic rings. The molecule has 2 amide bonds. The van der Waals surface area contributed by atoms with Gasteiger partial charge in [0, 0.05) is 0 Å². The first-order valence-electron chi connectivity index (χ1n) is 5.31. The first-order valence-corrected chi connectivity index (χ1v) is 5.31. The molecule has 0 saturated heterocycles. The van der Waals surface area contributed by atoms with Crippen LogP contribution in [0, 0.1) is 5.92 Å². The number of hydrogen-bond acceptors (Lipinski definition) is 4. The molecule has 0 saturated carbocycles. The van der Waals surface area contributed by atoms with Crippen LogP contribution < -0.4 is 16.4 Å². The summed E-state index contributed by atoms with van der Waals surface area (Å²) in [6.45, 7) is 4.51. The van der Waals surface area contributed by atoms with Gasteiger partial charge in [0.15, 0.2) is 0 Å². The Bertz CT molecular complexity index is 302. The van der Waals surface area contributed by atoms with Gasteiger partial charge in [-0.25, -0.2) is 0 Å². The van der Waals surface area contributed by atoms with Gasteiger partial charge in [-0.15, -0.1) is 0 Å². The Hall–Kier alpha value is -1.63. The Kier molecular flexibility index (Phi) is 6.19. The number of carboxylic acids is 1. The van der Waals surface area contributed by atoms with Crippen LogP contribution in [-0.4, -0.2) is 41.5 Å². The predicted octanol–water partition coefficient (Wildman–Crippen LogP) is -1.32. The molecule has 0 aliphatic rings. The number of amides is 2. The maximum atomic E-state index is 11.6. The van der Waals surface area contributed by atoms with Gasteiger partial charge in [0.05, 0.1) is 6.04 Å². The number of rotatable bonds is 6. The van der Waals surface area contributed by atoms with Gasteiger partial charge in [-0.05, 0) is 12.8 Å². The molecule has 0 spiro atoms. The molecular weight excluding hydrogens is 226 g/mol. The minimum atomic E-state index is -1.14. The number of carboxylic acid groups (broad SMARTS) is 1. The summed E-state index contributed by atoms with van der Waals surface area (Å²) in [6, 6.07) is -1.50. The fourth-order valence-corrected chi connectivity index (χ4v) is 1.09. The smallest absolute Gasteiger partial charge is 0.322 e. The minimum absolute atomic E-state index is 0.161. The third-order valence-corrected chi connectivity index (χ3v) is 2.07. The number of hydrogen-bond donors (Lipinski definition) is 4. The van der Waals surface area contributed by atoms with E-state index in [1.165, 1.54) is 6.92 Å². The highest BCUT2D eigenvalue weighted by molar-refractivity contribution is 5.90. The molecule has 0 rings (SSSR count). The molecule has 5 N–H and O–H groups in total. The molecule has 98 valence electrons. The zero-order chi connectivity index (χ0) is 13.6. The van der Waals surface area contributed by atoms with E-state index in [9.17, 15) is 14.4 Å². The van der Waals surface area contributed by atoms with Crippen LogP contribution in [0.2, 0.25) is 0 Å². The molecule has 0 aliphatic carbocycles. The van der Waals surface area contributed by atoms with E-state index in [1.54, 1.807) is 13.8 Å². The van der Waals surface area contributed by atoms with E-state index in [-0.39, 0.29) is 5.92 Å². The van der Waals surface area contributed by atoms with E-state index in [2.05, 4.69) is 10.6 Å². The van der Waals surface area contributed by atoms with Crippen LogP contribution in [-0.2, 0) is 14.4 Å². The summed E-state index contributed by atoms with van der Waals surface area (Å²) in [5.74, 6) is -2.28. The van der Waals surface area contributed by atoms with E-state index >= 15 is 0 Å². The van der Waals surface area contributed by atoms with Gasteiger partial charge in [-0.2, -0.15) is 0 Å². The van der Waals surface area contributed by atoms with Crippen LogP contribution >= 0.6 is 0 Å². The number of carbonyl (C=O) groups is 3. The molecule has 0 fully saturated rings. The molecule has 0 aromatic heterocycles. The Balaban J connectivity index is 4.47. The Morgan fingerprint density at radius 3 is 2.06 bits per heavy atom. The van der Waals surface area contributed by atoms with Crippen molar-refractivity contribution in [3.63, 3.8) is 0 Å². The Labute approximate surface area is 99.7 Å². The molecule has 7 heteroatoms. The topological polar surface area (TPSA) is 122 Å². The first kappa shape index (κ1) is 15.4. The first-order chi connectivity index (χ1) is 7.75. The maximum Gasteiger partial charge on any atom is 0.322 e. The molecule has 0 bridgehead atoms. The van der Waals surface area contributed by atoms with Crippen molar-refractivity contribution in [1.82, 2.24) is 10.6 Å². The predicted molar refractivity (Wildman–Crippen MR) is 61.1 cm³/mol. The lowest BCUT2D eigenvalue weighted by molar-refractivity contribution is -0.138. The average molecular weight is 245 g/mol. The summed E-state index contributed by atoms with van der Waals surface area (Å²) in [4.78, 5) is 33.3. The van der Waals surface area contributed by atoms with E-state index in [4.69, 9.17) is 10.8 Å². The fraction of sp³-hybridized carbons (Fsp3) is 0.700. The van der Waals surface area contributed by atoms with E-state index in [0.29, 0.717) is 0 Å². The zero-order valence-electron chi connectivity index (χ0n) is 10.2. The van der Waals surface area contributed by atoms with Crippen LogP contribution in [0.3, 0.4) is 0 Å². The maximum absolute atomic E-state index is 11.6. The standard InChI is InChI=1S/C10H19N3O4/c1-5(2)8(13-9(16)6(3)11)10(17)12-4-7(14)15/h5-6,8H,4,11H2,1-3H3,(H,12,17)(H,13,16)(H,14,15). The van der Waals surface area contributed by atoms with Crippen LogP contribution in [0.15, 0.2) is 0 Å². The highest BCUT2D eigenvalue weighted by atomic mass is 16.4. The van der Waals surface area contributed by atoms with Crippen molar-refractivity contribution in [3.05, 3.63) is 0 Å². The summed E-state index contributed by atoms with van der Waals surface area (Å²) in [5, 5.41) is 13.1. The third kappa shape index (κ3) is 5.86. The van der Waals surface area contributed by atoms with Gasteiger partial charge in [-0.1, -0.05) is 13.8 Å². The third-order valence-electron chi connectivity index (χ3n) is 2.07. The van der Waals surface area contributed by atoms with Gasteiger partial charge in [0.25, 0.3) is 0 Å². The van der Waals surface area contributed by atoms with Crippen LogP contribution in [0.1, 0.15) is 20.8 Å². The minimum Gasteiger partial charge on any atom is -0.480 e. The quantitative estimate of drug-likeness (QED) is 0.462. The summed E-state index contributed by atoms with van der Waals surface area (Å²) in [6.07, 6.45) is 0. The van der Waals surface area contributed by atoms with Crippen molar-refractivity contribution in [3.8, 4) is 0 Å². The largest absolute Gasteiger partial charge is 0.480 e. The van der Waals surface area contributed by atoms with Crippen LogP contribution in [0.5, 0.6) is 0 Å². The fourth-order valence-electron chi connectivity index (χ4n) is 1.09. The van der Waals surface area contributed by atoms with Crippen molar-refractivity contribution in [1.29, 1.82) is 0 Å². The van der Waals surface area contributed by atoms with E-state index < -0.39 is 36.4 Å². The normalized spacial score (nSPS) is 13.9. The monoisotopic (exact) mass is 245 g/mol. The van der Waals surface area contributed by atoms with Crippen molar-refractivity contribution >= 4 is 17.8 Å². The second kappa shape index (κ2) is 6.85. The number of aliphatic carboxylic acids is 1. The molecule has 0 heterocycles. The summed E-state index contributed by atoms with van der Waals surface area (Å²) >= 11 is 0. The second-order valence-electron chi connectivity index (χ2n) is 4.13. The molecule has 0 radical (unpaired) electrons. The van der Waals surface area contributed by atoms with E-state index in [1.807, 2.05) is 0 Å². The number of carbonyl (C=O) groups excluding carboxylic acids is 2. The van der Waals surface area contributed by atoms with Crippen LogP contribution in [0.25, 0.3) is 0 Å². The highest BCUT2D eigenvalue weighted by Gasteiger charge is 2.25. The Morgan fingerprint density at radius 1 is 1.18 bits per heavy atom. The molecule has 2 atom stereocenters. The summed E-state index contributed by atoms with van der Waals surface area (Å²) < 4.78 is 0. The molecule has 2 unspecified atom stereocenters. The molecule has 17 heavy (non-hydrogen) atoms. The van der Waals surface area contributed by atoms with Crippen LogP contribution in [0.4, 0.5) is 0 Å². The summed E-state index contributed by atoms with van der Waals surface area (Å²) in [5.41, 5.74) is 5.37. The van der Waals surface area contributed by atoms with Crippen molar-refractivity contribution in [2.24, 2.45) is 11.7 Å². The molecule has 0 aliphatic heterocycles. The lowest BCUT2D eigenvalue weighted by Crippen LogP contribution is -2.53. The number of nitrogens with two attached hydrogens (primary N) is 1. The lowest BCUT2D eigenvalue weighted by atomic mass is 10.0. The van der Waals surface area contributed by atoms with Gasteiger partial charge in [0.1, 0.15) is 12.6 Å². The zero-order valence-corrected chi connectivity index (χ0v) is 10.2.